The van der Waals surface area contributed by atoms with Gasteiger partial charge in [0.1, 0.15) is 45.0 Å². The molecule has 0 bridgehead atoms. The minimum atomic E-state index is -2.87. The number of amidine groups is 1. The summed E-state index contributed by atoms with van der Waals surface area (Å²) in [6.07, 6.45) is 1.29. The van der Waals surface area contributed by atoms with Gasteiger partial charge in [-0.05, 0) is 45.4 Å². The Labute approximate surface area is 188 Å². The van der Waals surface area contributed by atoms with Gasteiger partial charge in [0.25, 0.3) is 5.91 Å². The molecule has 12 heteroatoms. The molecular formula is C20H21ClF2N6O2S. The third kappa shape index (κ3) is 3.25. The van der Waals surface area contributed by atoms with Crippen LogP contribution in [-0.4, -0.2) is 42.5 Å². The smallest absolute Gasteiger partial charge is 0.276 e. The van der Waals surface area contributed by atoms with Crippen molar-refractivity contribution in [2.75, 3.05) is 11.9 Å². The Bertz CT molecular complexity index is 1290. The third-order valence-electron chi connectivity index (χ3n) is 5.98. The Morgan fingerprint density at radius 1 is 1.31 bits per heavy atom. The highest BCUT2D eigenvalue weighted by atomic mass is 35.5. The summed E-state index contributed by atoms with van der Waals surface area (Å²) in [5.41, 5.74) is 4.50. The van der Waals surface area contributed by atoms with E-state index < -0.39 is 42.8 Å². The molecule has 32 heavy (non-hydrogen) atoms. The average molecular weight is 483 g/mol. The third-order valence-corrected chi connectivity index (χ3v) is 9.97. The molecule has 3 atom stereocenters. The van der Waals surface area contributed by atoms with E-state index in [1.54, 1.807) is 20.8 Å². The number of halogens is 3. The van der Waals surface area contributed by atoms with Gasteiger partial charge in [0.05, 0.1) is 26.2 Å². The van der Waals surface area contributed by atoms with Crippen molar-refractivity contribution in [2.24, 2.45) is 15.1 Å². The van der Waals surface area contributed by atoms with Crippen LogP contribution in [0, 0.1) is 11.6 Å². The molecule has 0 saturated carbocycles. The maximum atomic E-state index is 15.0. The lowest BCUT2D eigenvalue weighted by atomic mass is 9.89. The number of anilines is 1. The summed E-state index contributed by atoms with van der Waals surface area (Å²) >= 11 is 5.89. The lowest BCUT2D eigenvalue weighted by molar-refractivity contribution is 0.102. The molecule has 2 aromatic heterocycles. The summed E-state index contributed by atoms with van der Waals surface area (Å²) in [6.45, 7) is 5.40. The van der Waals surface area contributed by atoms with Crippen LogP contribution in [-0.2, 0) is 15.3 Å². The van der Waals surface area contributed by atoms with E-state index in [9.17, 15) is 17.8 Å². The van der Waals surface area contributed by atoms with Crippen LogP contribution in [0.3, 0.4) is 0 Å². The summed E-state index contributed by atoms with van der Waals surface area (Å²) in [7, 11) is -2.87. The Balaban J connectivity index is 1.76. The van der Waals surface area contributed by atoms with Gasteiger partial charge in [-0.15, -0.1) is 0 Å². The average Bonchev–Trinajstić information content (AvgIpc) is 3.13. The number of carbonyl (C=O) groups excluding carboxylic acids is 1. The van der Waals surface area contributed by atoms with Crippen LogP contribution in [0.2, 0.25) is 5.02 Å². The van der Waals surface area contributed by atoms with Crippen LogP contribution >= 0.6 is 11.6 Å². The van der Waals surface area contributed by atoms with Crippen LogP contribution in [0.15, 0.2) is 33.8 Å². The zero-order chi connectivity index (χ0) is 23.5. The van der Waals surface area contributed by atoms with Gasteiger partial charge in [-0.1, -0.05) is 11.6 Å². The Morgan fingerprint density at radius 2 is 2.03 bits per heavy atom. The quantitative estimate of drug-likeness (QED) is 0.695. The standard InChI is InChI=1S/C20H21ClF2N6O2S/c1-19(2)18(24)29-20(3,13-6-7-26-32(13,19)31)16-12(23)4-5-14(27-16)28-17(30)15-11(21)8-10(22)9-25-15/h4-5,8-9,13H,6-7H2,1-3H3,(H2,24,29)(H,27,28,30)/t13-,20-,32-/m0/s1. The normalized spacial score (nSPS) is 28.4. The summed E-state index contributed by atoms with van der Waals surface area (Å²) in [5.74, 6) is -2.03. The molecule has 0 spiro atoms. The molecule has 3 N–H and O–H groups in total. The SMILES string of the molecule is CC1(C)C(N)=N[C@](C)(c2nc(NC(=O)c3ncc(F)cc3Cl)ccc2F)[C@@H]2CCN=[S@]21=O. The first kappa shape index (κ1) is 22.5. The maximum Gasteiger partial charge on any atom is 0.276 e. The van der Waals surface area contributed by atoms with Gasteiger partial charge >= 0.3 is 0 Å². The number of fused-ring (bicyclic) bond motifs is 1. The van der Waals surface area contributed by atoms with Crippen molar-refractivity contribution in [2.45, 2.75) is 42.7 Å². The second-order valence-corrected chi connectivity index (χ2v) is 11.7. The fourth-order valence-electron chi connectivity index (χ4n) is 4.10. The van der Waals surface area contributed by atoms with E-state index in [4.69, 9.17) is 17.3 Å². The maximum absolute atomic E-state index is 15.0. The predicted octanol–water partition coefficient (Wildman–Crippen LogP) is 3.27. The number of pyridine rings is 2. The number of hydrogen-bond donors (Lipinski definition) is 2. The van der Waals surface area contributed by atoms with Gasteiger partial charge in [-0.3, -0.25) is 9.79 Å². The summed E-state index contributed by atoms with van der Waals surface area (Å²) in [6, 6.07) is 3.34. The van der Waals surface area contributed by atoms with Crippen LogP contribution in [0.25, 0.3) is 0 Å². The van der Waals surface area contributed by atoms with E-state index in [2.05, 4.69) is 24.6 Å². The Morgan fingerprint density at radius 3 is 2.72 bits per heavy atom. The molecular weight excluding hydrogens is 462 g/mol. The lowest BCUT2D eigenvalue weighted by Crippen LogP contribution is -2.58. The van der Waals surface area contributed by atoms with Gasteiger partial charge in [0.15, 0.2) is 0 Å². The number of hydrogen-bond acceptors (Lipinski definition) is 7. The van der Waals surface area contributed by atoms with Gasteiger partial charge in [0, 0.05) is 6.54 Å². The first-order valence-electron chi connectivity index (χ1n) is 9.76. The number of nitrogens with one attached hydrogen (secondary N) is 1. The number of amides is 1. The Kier molecular flexibility index (Phi) is 5.24. The molecule has 0 radical (unpaired) electrons. The topological polar surface area (TPSA) is 123 Å². The van der Waals surface area contributed by atoms with Gasteiger partial charge in [-0.25, -0.2) is 27.3 Å². The largest absolute Gasteiger partial charge is 0.386 e. The fraction of sp³-hybridized carbons (Fsp3) is 0.400. The molecule has 170 valence electrons. The highest BCUT2D eigenvalue weighted by Gasteiger charge is 2.57. The summed E-state index contributed by atoms with van der Waals surface area (Å²) < 4.78 is 45.4. The zero-order valence-electron chi connectivity index (χ0n) is 17.5. The van der Waals surface area contributed by atoms with E-state index in [1.807, 2.05) is 0 Å². The van der Waals surface area contributed by atoms with Gasteiger partial charge < -0.3 is 11.1 Å². The minimum Gasteiger partial charge on any atom is -0.386 e. The molecule has 4 heterocycles. The van der Waals surface area contributed by atoms with E-state index in [0.717, 1.165) is 18.3 Å². The van der Waals surface area contributed by atoms with Crippen LogP contribution < -0.4 is 11.1 Å². The van der Waals surface area contributed by atoms with E-state index in [-0.39, 0.29) is 28.1 Å². The number of carbonyl (C=O) groups is 1. The molecule has 0 aromatic carbocycles. The zero-order valence-corrected chi connectivity index (χ0v) is 19.1. The van der Waals surface area contributed by atoms with E-state index in [1.165, 1.54) is 6.07 Å². The molecule has 1 amide bonds. The molecule has 2 aromatic rings. The van der Waals surface area contributed by atoms with Gasteiger partial charge in [0.2, 0.25) is 0 Å². The lowest BCUT2D eigenvalue weighted by Gasteiger charge is -2.44. The molecule has 0 aliphatic carbocycles. The highest BCUT2D eigenvalue weighted by Crippen LogP contribution is 2.47. The first-order chi connectivity index (χ1) is 14.9. The molecule has 2 aliphatic heterocycles. The molecule has 8 nitrogen and oxygen atoms in total. The number of aromatic nitrogens is 2. The van der Waals surface area contributed by atoms with Crippen molar-refractivity contribution >= 4 is 38.9 Å². The van der Waals surface area contributed by atoms with E-state index in [0.29, 0.717) is 13.0 Å². The molecule has 0 saturated heterocycles. The van der Waals surface area contributed by atoms with Crippen molar-refractivity contribution < 1.29 is 17.8 Å². The monoisotopic (exact) mass is 482 g/mol. The van der Waals surface area contributed by atoms with Crippen molar-refractivity contribution in [3.63, 3.8) is 0 Å². The van der Waals surface area contributed by atoms with Crippen molar-refractivity contribution in [1.29, 1.82) is 0 Å². The van der Waals surface area contributed by atoms with Gasteiger partial charge in [-0.2, -0.15) is 0 Å². The molecule has 4 rings (SSSR count). The number of rotatable bonds is 3. The highest BCUT2D eigenvalue weighted by molar-refractivity contribution is 7.96. The second-order valence-electron chi connectivity index (χ2n) is 8.32. The van der Waals surface area contributed by atoms with Crippen molar-refractivity contribution in [3.8, 4) is 0 Å². The summed E-state index contributed by atoms with van der Waals surface area (Å²) in [5, 5.41) is 1.68. The second kappa shape index (κ2) is 7.45. The Hall–Kier alpha value is -2.66. The van der Waals surface area contributed by atoms with Crippen molar-refractivity contribution in [3.05, 3.63) is 52.4 Å². The minimum absolute atomic E-state index is 0.00476. The van der Waals surface area contributed by atoms with Crippen LogP contribution in [0.4, 0.5) is 14.6 Å². The summed E-state index contributed by atoms with van der Waals surface area (Å²) in [4.78, 5) is 25.1. The van der Waals surface area contributed by atoms with Crippen molar-refractivity contribution in [1.82, 2.24) is 9.97 Å². The molecule has 2 aliphatic rings. The molecule has 0 fully saturated rings. The fourth-order valence-corrected chi connectivity index (χ4v) is 7.49. The predicted molar refractivity (Wildman–Crippen MR) is 118 cm³/mol. The van der Waals surface area contributed by atoms with E-state index >= 15 is 0 Å². The van der Waals surface area contributed by atoms with Crippen LogP contribution in [0.1, 0.15) is 43.4 Å². The first-order valence-corrected chi connectivity index (χ1v) is 11.7. The molecule has 0 unspecified atom stereocenters. The number of nitrogens with two attached hydrogens (primary N) is 1. The van der Waals surface area contributed by atoms with Crippen LogP contribution in [0.5, 0.6) is 0 Å². The number of aliphatic imine (C=N–C) groups is 1. The number of nitrogens with zero attached hydrogens (tertiary/aromatic N) is 4.